The maximum atomic E-state index is 6.02. The molecule has 1 heterocycles. The summed E-state index contributed by atoms with van der Waals surface area (Å²) in [5.41, 5.74) is 5.92. The highest BCUT2D eigenvalue weighted by atomic mass is 16.5. The first-order valence-corrected chi connectivity index (χ1v) is 8.90. The quantitative estimate of drug-likeness (QED) is 0.589. The molecular weight excluding hydrogens is 310 g/mol. The molecular formula is C22H25NO2. The zero-order valence-corrected chi connectivity index (χ0v) is 15.6. The zero-order chi connectivity index (χ0) is 17.8. The SMILES string of the molecule is COc1ccc2nc(-c3ccc4c(c3)C(C)(C)CCC4(C)C)oc2c1. The second-order valence-electron chi connectivity index (χ2n) is 8.38. The van der Waals surface area contributed by atoms with Crippen LogP contribution in [0, 0.1) is 0 Å². The van der Waals surface area contributed by atoms with Gasteiger partial charge < -0.3 is 9.15 Å². The van der Waals surface area contributed by atoms with Gasteiger partial charge >= 0.3 is 0 Å². The minimum atomic E-state index is 0.177. The monoisotopic (exact) mass is 335 g/mol. The molecule has 3 heteroatoms. The van der Waals surface area contributed by atoms with Crippen molar-refractivity contribution in [2.45, 2.75) is 51.4 Å². The van der Waals surface area contributed by atoms with Crippen LogP contribution >= 0.6 is 0 Å². The second-order valence-corrected chi connectivity index (χ2v) is 8.38. The van der Waals surface area contributed by atoms with Crippen LogP contribution in [0.25, 0.3) is 22.6 Å². The van der Waals surface area contributed by atoms with E-state index in [0.717, 1.165) is 22.4 Å². The number of nitrogens with zero attached hydrogens (tertiary/aromatic N) is 1. The van der Waals surface area contributed by atoms with Crippen molar-refractivity contribution >= 4 is 11.1 Å². The standard InChI is InChI=1S/C22H25NO2/c1-21(2)10-11-22(3,4)17-12-14(6-8-16(17)21)20-23-18-9-7-15(24-5)13-19(18)25-20/h6-9,12-13H,10-11H2,1-5H3. The molecule has 1 aliphatic carbocycles. The molecule has 25 heavy (non-hydrogen) atoms. The van der Waals surface area contributed by atoms with Gasteiger partial charge in [-0.05, 0) is 59.1 Å². The van der Waals surface area contributed by atoms with Crippen molar-refractivity contribution in [1.82, 2.24) is 4.98 Å². The molecule has 0 radical (unpaired) electrons. The van der Waals surface area contributed by atoms with Crippen LogP contribution < -0.4 is 4.74 Å². The molecule has 0 atom stereocenters. The number of aromatic nitrogens is 1. The molecule has 3 aromatic rings. The van der Waals surface area contributed by atoms with E-state index in [1.807, 2.05) is 18.2 Å². The third kappa shape index (κ3) is 2.62. The fourth-order valence-electron chi connectivity index (χ4n) is 3.88. The van der Waals surface area contributed by atoms with Crippen molar-refractivity contribution in [1.29, 1.82) is 0 Å². The van der Waals surface area contributed by atoms with E-state index in [4.69, 9.17) is 9.15 Å². The van der Waals surface area contributed by atoms with Gasteiger partial charge in [0, 0.05) is 11.6 Å². The highest BCUT2D eigenvalue weighted by molar-refractivity contribution is 5.78. The molecule has 0 unspecified atom stereocenters. The highest BCUT2D eigenvalue weighted by Gasteiger charge is 2.37. The smallest absolute Gasteiger partial charge is 0.227 e. The first kappa shape index (κ1) is 16.2. The van der Waals surface area contributed by atoms with E-state index in [1.54, 1.807) is 7.11 Å². The molecule has 2 aromatic carbocycles. The van der Waals surface area contributed by atoms with E-state index in [1.165, 1.54) is 24.0 Å². The third-order valence-electron chi connectivity index (χ3n) is 5.70. The Kier molecular flexibility index (Phi) is 3.47. The number of benzene rings is 2. The summed E-state index contributed by atoms with van der Waals surface area (Å²) in [6.45, 7) is 9.35. The van der Waals surface area contributed by atoms with Gasteiger partial charge in [-0.2, -0.15) is 0 Å². The minimum absolute atomic E-state index is 0.177. The summed E-state index contributed by atoms with van der Waals surface area (Å²) in [4.78, 5) is 4.67. The van der Waals surface area contributed by atoms with Crippen molar-refractivity contribution in [3.63, 3.8) is 0 Å². The maximum Gasteiger partial charge on any atom is 0.227 e. The van der Waals surface area contributed by atoms with Gasteiger partial charge in [-0.3, -0.25) is 0 Å². The molecule has 0 fully saturated rings. The van der Waals surface area contributed by atoms with Crippen molar-refractivity contribution in [2.75, 3.05) is 7.11 Å². The molecule has 0 saturated heterocycles. The number of ether oxygens (including phenoxy) is 1. The molecule has 1 aromatic heterocycles. The van der Waals surface area contributed by atoms with Crippen LogP contribution in [0.3, 0.4) is 0 Å². The van der Waals surface area contributed by atoms with Crippen molar-refractivity contribution in [2.24, 2.45) is 0 Å². The van der Waals surface area contributed by atoms with E-state index in [9.17, 15) is 0 Å². The first-order valence-electron chi connectivity index (χ1n) is 8.90. The molecule has 0 amide bonds. The number of oxazole rings is 1. The average molecular weight is 335 g/mol. The third-order valence-corrected chi connectivity index (χ3v) is 5.70. The van der Waals surface area contributed by atoms with Crippen LogP contribution in [0.4, 0.5) is 0 Å². The summed E-state index contributed by atoms with van der Waals surface area (Å²) >= 11 is 0. The number of hydrogen-bond acceptors (Lipinski definition) is 3. The summed E-state index contributed by atoms with van der Waals surface area (Å²) in [6.07, 6.45) is 2.41. The van der Waals surface area contributed by atoms with Gasteiger partial charge in [0.05, 0.1) is 7.11 Å². The lowest BCUT2D eigenvalue weighted by molar-refractivity contribution is 0.332. The Morgan fingerprint density at radius 2 is 1.64 bits per heavy atom. The van der Waals surface area contributed by atoms with Crippen LogP contribution in [0.2, 0.25) is 0 Å². The molecule has 4 rings (SSSR count). The molecule has 0 bridgehead atoms. The molecule has 1 aliphatic rings. The minimum Gasteiger partial charge on any atom is -0.497 e. The van der Waals surface area contributed by atoms with Gasteiger partial charge in [0.25, 0.3) is 0 Å². The number of fused-ring (bicyclic) bond motifs is 2. The lowest BCUT2D eigenvalue weighted by Gasteiger charge is -2.42. The fourth-order valence-corrected chi connectivity index (χ4v) is 3.88. The van der Waals surface area contributed by atoms with Crippen LogP contribution in [-0.2, 0) is 10.8 Å². The van der Waals surface area contributed by atoms with E-state index < -0.39 is 0 Å². The van der Waals surface area contributed by atoms with Gasteiger partial charge in [0.2, 0.25) is 5.89 Å². The second kappa shape index (κ2) is 5.35. The molecule has 0 N–H and O–H groups in total. The Balaban J connectivity index is 1.84. The van der Waals surface area contributed by atoms with Gasteiger partial charge in [-0.1, -0.05) is 33.8 Å². The number of methoxy groups -OCH3 is 1. The highest BCUT2D eigenvalue weighted by Crippen LogP contribution is 2.46. The molecule has 0 saturated carbocycles. The summed E-state index contributed by atoms with van der Waals surface area (Å²) in [5, 5.41) is 0. The Hall–Kier alpha value is -2.29. The van der Waals surface area contributed by atoms with Crippen molar-refractivity contribution in [3.05, 3.63) is 47.5 Å². The normalized spacial score (nSPS) is 18.1. The summed E-state index contributed by atoms with van der Waals surface area (Å²) in [5.74, 6) is 1.45. The fraction of sp³-hybridized carbons (Fsp3) is 0.409. The van der Waals surface area contributed by atoms with Gasteiger partial charge in [-0.25, -0.2) is 4.98 Å². The zero-order valence-electron chi connectivity index (χ0n) is 15.6. The summed E-state index contributed by atoms with van der Waals surface area (Å²) < 4.78 is 11.3. The lowest BCUT2D eigenvalue weighted by Crippen LogP contribution is -2.33. The number of rotatable bonds is 2. The Bertz CT molecular complexity index is 950. The molecule has 130 valence electrons. The van der Waals surface area contributed by atoms with E-state index in [0.29, 0.717) is 5.89 Å². The van der Waals surface area contributed by atoms with Crippen LogP contribution in [0.1, 0.15) is 51.7 Å². The van der Waals surface area contributed by atoms with Crippen molar-refractivity contribution < 1.29 is 9.15 Å². The van der Waals surface area contributed by atoms with E-state index >= 15 is 0 Å². The Labute approximate surface area is 149 Å². The van der Waals surface area contributed by atoms with E-state index in [-0.39, 0.29) is 10.8 Å². The maximum absolute atomic E-state index is 6.02. The first-order chi connectivity index (χ1) is 11.8. The predicted octanol–water partition coefficient (Wildman–Crippen LogP) is 5.85. The Morgan fingerprint density at radius 1 is 0.920 bits per heavy atom. The van der Waals surface area contributed by atoms with Gasteiger partial charge in [0.15, 0.2) is 5.58 Å². The summed E-state index contributed by atoms with van der Waals surface area (Å²) in [6, 6.07) is 12.4. The van der Waals surface area contributed by atoms with Crippen LogP contribution in [0.5, 0.6) is 5.75 Å². The van der Waals surface area contributed by atoms with Crippen LogP contribution in [0.15, 0.2) is 40.8 Å². The van der Waals surface area contributed by atoms with Gasteiger partial charge in [0.1, 0.15) is 11.3 Å². The molecule has 0 spiro atoms. The lowest BCUT2D eigenvalue weighted by atomic mass is 9.63. The average Bonchev–Trinajstić information content (AvgIpc) is 3.02. The molecule has 3 nitrogen and oxygen atoms in total. The Morgan fingerprint density at radius 3 is 2.36 bits per heavy atom. The summed E-state index contributed by atoms with van der Waals surface area (Å²) in [7, 11) is 1.66. The van der Waals surface area contributed by atoms with E-state index in [2.05, 4.69) is 50.9 Å². The van der Waals surface area contributed by atoms with Gasteiger partial charge in [-0.15, -0.1) is 0 Å². The predicted molar refractivity (Wildman–Crippen MR) is 101 cm³/mol. The van der Waals surface area contributed by atoms with Crippen molar-refractivity contribution in [3.8, 4) is 17.2 Å². The van der Waals surface area contributed by atoms with Crippen LogP contribution in [-0.4, -0.2) is 12.1 Å². The largest absolute Gasteiger partial charge is 0.497 e. The molecule has 0 aliphatic heterocycles. The topological polar surface area (TPSA) is 35.3 Å². The number of hydrogen-bond donors (Lipinski definition) is 0.